The Morgan fingerprint density at radius 1 is 1.13 bits per heavy atom. The third-order valence-corrected chi connectivity index (χ3v) is 4.13. The Balaban J connectivity index is 1.38. The van der Waals surface area contributed by atoms with Gasteiger partial charge >= 0.3 is 0 Å². The van der Waals surface area contributed by atoms with Gasteiger partial charge in [0.05, 0.1) is 19.3 Å². The lowest BCUT2D eigenvalue weighted by Crippen LogP contribution is -2.18. The van der Waals surface area contributed by atoms with E-state index in [1.54, 1.807) is 7.11 Å². The minimum Gasteiger partial charge on any atom is -0.491 e. The highest BCUT2D eigenvalue weighted by atomic mass is 16.5. The molecule has 23 heavy (non-hydrogen) atoms. The van der Waals surface area contributed by atoms with E-state index in [1.807, 2.05) is 24.3 Å². The molecule has 0 saturated heterocycles. The zero-order chi connectivity index (χ0) is 16.1. The van der Waals surface area contributed by atoms with E-state index in [9.17, 15) is 0 Å². The van der Waals surface area contributed by atoms with Crippen LogP contribution in [0.1, 0.15) is 28.4 Å². The van der Waals surface area contributed by atoms with Gasteiger partial charge in [-0.25, -0.2) is 0 Å². The number of hydrogen-bond acceptors (Lipinski definition) is 3. The molecule has 0 N–H and O–H groups in total. The molecule has 3 rings (SSSR count). The Bertz CT molecular complexity index is 661. The molecule has 0 aromatic heterocycles. The molecule has 3 nitrogen and oxygen atoms in total. The number of hydrogen-bond donors (Lipinski definition) is 0. The second kappa shape index (κ2) is 7.44. The zero-order valence-corrected chi connectivity index (χ0v) is 13.5. The molecule has 0 radical (unpaired) electrons. The third kappa shape index (κ3) is 3.81. The fourth-order valence-corrected chi connectivity index (χ4v) is 2.71. The molecule has 1 unspecified atom stereocenters. The van der Waals surface area contributed by atoms with Crippen molar-refractivity contribution >= 4 is 6.08 Å². The predicted octanol–water partition coefficient (Wildman–Crippen LogP) is 4.17. The van der Waals surface area contributed by atoms with Gasteiger partial charge in [0.15, 0.2) is 0 Å². The standard InChI is InChI=1S/C20H22O3/c1-3-15-4-6-16(7-5-15)14-22-10-11-23-18-8-9-19-17(12-18)13-20(19)21-2/h3-9,12,20H,1,10-11,13-14H2,2H3. The van der Waals surface area contributed by atoms with E-state index < -0.39 is 0 Å². The largest absolute Gasteiger partial charge is 0.491 e. The van der Waals surface area contributed by atoms with E-state index >= 15 is 0 Å². The van der Waals surface area contributed by atoms with Crippen molar-refractivity contribution in [2.45, 2.75) is 19.1 Å². The molecule has 2 aromatic carbocycles. The van der Waals surface area contributed by atoms with Gasteiger partial charge in [-0.1, -0.05) is 43.0 Å². The van der Waals surface area contributed by atoms with E-state index in [1.165, 1.54) is 11.1 Å². The summed E-state index contributed by atoms with van der Waals surface area (Å²) in [5.74, 6) is 0.900. The summed E-state index contributed by atoms with van der Waals surface area (Å²) in [4.78, 5) is 0. The normalized spacial score (nSPS) is 15.6. The highest BCUT2D eigenvalue weighted by molar-refractivity contribution is 5.47. The molecular weight excluding hydrogens is 288 g/mol. The topological polar surface area (TPSA) is 27.7 Å². The van der Waals surface area contributed by atoms with E-state index in [0.717, 1.165) is 23.3 Å². The average molecular weight is 310 g/mol. The number of benzene rings is 2. The molecule has 0 bridgehead atoms. The number of fused-ring (bicyclic) bond motifs is 1. The van der Waals surface area contributed by atoms with Gasteiger partial charge in [-0.3, -0.25) is 0 Å². The second-order valence-corrected chi connectivity index (χ2v) is 5.64. The van der Waals surface area contributed by atoms with Gasteiger partial charge < -0.3 is 14.2 Å². The van der Waals surface area contributed by atoms with Crippen molar-refractivity contribution in [3.05, 3.63) is 71.3 Å². The number of rotatable bonds is 8. The Morgan fingerprint density at radius 3 is 2.65 bits per heavy atom. The molecule has 3 heteroatoms. The van der Waals surface area contributed by atoms with Crippen LogP contribution in [-0.2, 0) is 22.5 Å². The van der Waals surface area contributed by atoms with Crippen LogP contribution in [0.15, 0.2) is 49.0 Å². The van der Waals surface area contributed by atoms with Gasteiger partial charge in [0.2, 0.25) is 0 Å². The van der Waals surface area contributed by atoms with Gasteiger partial charge in [0, 0.05) is 13.5 Å². The van der Waals surface area contributed by atoms with Crippen LogP contribution in [0.4, 0.5) is 0 Å². The van der Waals surface area contributed by atoms with E-state index in [2.05, 4.69) is 30.8 Å². The molecule has 0 saturated carbocycles. The maximum absolute atomic E-state index is 5.74. The first kappa shape index (κ1) is 15.8. The predicted molar refractivity (Wildman–Crippen MR) is 91.6 cm³/mol. The quantitative estimate of drug-likeness (QED) is 0.685. The highest BCUT2D eigenvalue weighted by Crippen LogP contribution is 2.37. The Kier molecular flexibility index (Phi) is 5.11. The van der Waals surface area contributed by atoms with Crippen LogP contribution < -0.4 is 4.74 Å². The molecular formula is C20H22O3. The summed E-state index contributed by atoms with van der Waals surface area (Å²) in [6.07, 6.45) is 3.07. The van der Waals surface area contributed by atoms with E-state index in [-0.39, 0.29) is 6.10 Å². The molecule has 1 aliphatic rings. The van der Waals surface area contributed by atoms with E-state index in [0.29, 0.717) is 19.8 Å². The smallest absolute Gasteiger partial charge is 0.119 e. The summed E-state index contributed by atoms with van der Waals surface area (Å²) >= 11 is 0. The van der Waals surface area contributed by atoms with Crippen LogP contribution in [0.2, 0.25) is 0 Å². The lowest BCUT2D eigenvalue weighted by atomic mass is 9.85. The minimum absolute atomic E-state index is 0.259. The molecule has 120 valence electrons. The van der Waals surface area contributed by atoms with Crippen LogP contribution in [0, 0.1) is 0 Å². The number of methoxy groups -OCH3 is 1. The zero-order valence-electron chi connectivity index (χ0n) is 13.5. The molecule has 0 aliphatic heterocycles. The van der Waals surface area contributed by atoms with Gasteiger partial charge in [0.25, 0.3) is 0 Å². The minimum atomic E-state index is 0.259. The SMILES string of the molecule is C=Cc1ccc(COCCOc2ccc3c(c2)CC3OC)cc1. The third-order valence-electron chi connectivity index (χ3n) is 4.13. The fourth-order valence-electron chi connectivity index (χ4n) is 2.71. The van der Waals surface area contributed by atoms with Crippen molar-refractivity contribution < 1.29 is 14.2 Å². The first-order valence-electron chi connectivity index (χ1n) is 7.87. The van der Waals surface area contributed by atoms with Gasteiger partial charge in [-0.05, 0) is 34.4 Å². The second-order valence-electron chi connectivity index (χ2n) is 5.64. The van der Waals surface area contributed by atoms with Crippen LogP contribution >= 0.6 is 0 Å². The molecule has 0 spiro atoms. The monoisotopic (exact) mass is 310 g/mol. The van der Waals surface area contributed by atoms with Crippen molar-refractivity contribution in [1.29, 1.82) is 0 Å². The van der Waals surface area contributed by atoms with Crippen LogP contribution in [0.25, 0.3) is 6.08 Å². The van der Waals surface area contributed by atoms with Crippen molar-refractivity contribution in [2.75, 3.05) is 20.3 Å². The molecule has 0 fully saturated rings. The highest BCUT2D eigenvalue weighted by Gasteiger charge is 2.25. The summed E-state index contributed by atoms with van der Waals surface area (Å²) < 4.78 is 16.7. The molecule has 0 heterocycles. The maximum atomic E-state index is 5.74. The molecule has 2 aromatic rings. The van der Waals surface area contributed by atoms with Crippen molar-refractivity contribution in [2.24, 2.45) is 0 Å². The molecule has 0 amide bonds. The van der Waals surface area contributed by atoms with Gasteiger partial charge in [-0.15, -0.1) is 0 Å². The maximum Gasteiger partial charge on any atom is 0.119 e. The summed E-state index contributed by atoms with van der Waals surface area (Å²) in [5, 5.41) is 0. The van der Waals surface area contributed by atoms with Crippen LogP contribution in [0.5, 0.6) is 5.75 Å². The lowest BCUT2D eigenvalue weighted by Gasteiger charge is -2.29. The number of ether oxygens (including phenoxy) is 3. The first-order chi connectivity index (χ1) is 11.3. The summed E-state index contributed by atoms with van der Waals surface area (Å²) in [6.45, 7) is 5.47. The summed E-state index contributed by atoms with van der Waals surface area (Å²) in [5.41, 5.74) is 4.87. The van der Waals surface area contributed by atoms with Crippen molar-refractivity contribution in [1.82, 2.24) is 0 Å². The average Bonchev–Trinajstić information content (AvgIpc) is 2.57. The lowest BCUT2D eigenvalue weighted by molar-refractivity contribution is 0.0824. The van der Waals surface area contributed by atoms with Crippen LogP contribution in [-0.4, -0.2) is 20.3 Å². The molecule has 1 aliphatic carbocycles. The van der Waals surface area contributed by atoms with Gasteiger partial charge in [-0.2, -0.15) is 0 Å². The van der Waals surface area contributed by atoms with Crippen LogP contribution in [0.3, 0.4) is 0 Å². The Hall–Kier alpha value is -2.10. The van der Waals surface area contributed by atoms with Crippen molar-refractivity contribution in [3.63, 3.8) is 0 Å². The Morgan fingerprint density at radius 2 is 1.96 bits per heavy atom. The van der Waals surface area contributed by atoms with Crippen molar-refractivity contribution in [3.8, 4) is 5.75 Å². The fraction of sp³-hybridized carbons (Fsp3) is 0.300. The molecule has 1 atom stereocenters. The summed E-state index contributed by atoms with van der Waals surface area (Å²) in [7, 11) is 1.75. The first-order valence-corrected chi connectivity index (χ1v) is 7.87. The summed E-state index contributed by atoms with van der Waals surface area (Å²) in [6, 6.07) is 14.4. The van der Waals surface area contributed by atoms with Gasteiger partial charge in [0.1, 0.15) is 12.4 Å². The Labute approximate surface area is 137 Å². The van der Waals surface area contributed by atoms with E-state index in [4.69, 9.17) is 14.2 Å².